The molecule has 0 fully saturated rings. The van der Waals surface area contributed by atoms with Gasteiger partial charge in [0.05, 0.1) is 17.1 Å². The van der Waals surface area contributed by atoms with Crippen LogP contribution in [0.25, 0.3) is 11.5 Å². The monoisotopic (exact) mass is 281 g/mol. The molecular formula is C12H12ClN3O3. The van der Waals surface area contributed by atoms with Crippen LogP contribution in [0.15, 0.2) is 28.8 Å². The van der Waals surface area contributed by atoms with Crippen LogP contribution in [0.2, 0.25) is 5.02 Å². The Morgan fingerprint density at radius 3 is 2.95 bits per heavy atom. The van der Waals surface area contributed by atoms with Gasteiger partial charge in [-0.3, -0.25) is 10.1 Å². The van der Waals surface area contributed by atoms with E-state index in [0.29, 0.717) is 22.3 Å². The minimum Gasteiger partial charge on any atom is -0.480 e. The summed E-state index contributed by atoms with van der Waals surface area (Å²) in [7, 11) is 0. The van der Waals surface area contributed by atoms with Gasteiger partial charge in [0.25, 0.3) is 5.89 Å². The Morgan fingerprint density at radius 2 is 2.26 bits per heavy atom. The molecule has 2 N–H and O–H groups in total. The maximum absolute atomic E-state index is 10.6. The van der Waals surface area contributed by atoms with Gasteiger partial charge in [-0.15, -0.1) is 0 Å². The number of carboxylic acid groups (broad SMARTS) is 1. The van der Waals surface area contributed by atoms with Gasteiger partial charge in [-0.1, -0.05) is 28.9 Å². The van der Waals surface area contributed by atoms with E-state index in [1.165, 1.54) is 6.92 Å². The molecule has 0 bridgehead atoms. The van der Waals surface area contributed by atoms with Gasteiger partial charge in [0.2, 0.25) is 0 Å². The summed E-state index contributed by atoms with van der Waals surface area (Å²) in [6.07, 6.45) is 0. The molecule has 0 aliphatic carbocycles. The lowest BCUT2D eigenvalue weighted by Gasteiger charge is -2.05. The molecule has 1 aromatic heterocycles. The van der Waals surface area contributed by atoms with Crippen LogP contribution in [0.1, 0.15) is 12.7 Å². The van der Waals surface area contributed by atoms with Crippen LogP contribution in [0.3, 0.4) is 0 Å². The molecule has 100 valence electrons. The van der Waals surface area contributed by atoms with E-state index in [9.17, 15) is 4.79 Å². The molecule has 1 heterocycles. The second-order valence-electron chi connectivity index (χ2n) is 3.94. The van der Waals surface area contributed by atoms with Crippen LogP contribution in [0.5, 0.6) is 0 Å². The second kappa shape index (κ2) is 5.81. The minimum absolute atomic E-state index is 0.210. The van der Waals surface area contributed by atoms with Crippen molar-refractivity contribution < 1.29 is 14.4 Å². The van der Waals surface area contributed by atoms with E-state index in [1.54, 1.807) is 18.2 Å². The predicted molar refractivity (Wildman–Crippen MR) is 68.7 cm³/mol. The van der Waals surface area contributed by atoms with Crippen LogP contribution < -0.4 is 5.32 Å². The fourth-order valence-electron chi connectivity index (χ4n) is 1.40. The van der Waals surface area contributed by atoms with Gasteiger partial charge in [-0.2, -0.15) is 4.98 Å². The topological polar surface area (TPSA) is 88.3 Å². The lowest BCUT2D eigenvalue weighted by molar-refractivity contribution is -0.139. The average Bonchev–Trinajstić information content (AvgIpc) is 2.85. The van der Waals surface area contributed by atoms with E-state index in [1.807, 2.05) is 6.07 Å². The number of rotatable bonds is 5. The van der Waals surface area contributed by atoms with Gasteiger partial charge < -0.3 is 9.63 Å². The van der Waals surface area contributed by atoms with Crippen molar-refractivity contribution in [1.82, 2.24) is 15.5 Å². The molecule has 0 aliphatic rings. The van der Waals surface area contributed by atoms with Crippen molar-refractivity contribution in [2.24, 2.45) is 0 Å². The number of benzene rings is 1. The first-order valence-corrected chi connectivity index (χ1v) is 5.99. The third-order valence-corrected chi connectivity index (χ3v) is 2.84. The van der Waals surface area contributed by atoms with Crippen molar-refractivity contribution in [2.45, 2.75) is 19.5 Å². The summed E-state index contributed by atoms with van der Waals surface area (Å²) in [5.74, 6) is -0.247. The molecule has 7 heteroatoms. The van der Waals surface area contributed by atoms with Crippen LogP contribution in [0.4, 0.5) is 0 Å². The van der Waals surface area contributed by atoms with Crippen LogP contribution in [-0.2, 0) is 11.3 Å². The summed E-state index contributed by atoms with van der Waals surface area (Å²) in [6, 6.07) is 6.44. The molecule has 0 saturated heterocycles. The van der Waals surface area contributed by atoms with Crippen LogP contribution >= 0.6 is 11.6 Å². The molecule has 19 heavy (non-hydrogen) atoms. The van der Waals surface area contributed by atoms with Gasteiger partial charge in [0, 0.05) is 0 Å². The van der Waals surface area contributed by atoms with Gasteiger partial charge in [0.15, 0.2) is 5.82 Å². The molecule has 0 unspecified atom stereocenters. The summed E-state index contributed by atoms with van der Waals surface area (Å²) in [5.41, 5.74) is 0.647. The summed E-state index contributed by atoms with van der Waals surface area (Å²) in [5, 5.41) is 15.8. The maximum atomic E-state index is 10.6. The second-order valence-corrected chi connectivity index (χ2v) is 4.34. The molecule has 1 atom stereocenters. The molecule has 1 aromatic carbocycles. The van der Waals surface area contributed by atoms with Crippen molar-refractivity contribution in [3.63, 3.8) is 0 Å². The third kappa shape index (κ3) is 3.30. The van der Waals surface area contributed by atoms with Gasteiger partial charge >= 0.3 is 5.97 Å². The van der Waals surface area contributed by atoms with Crippen molar-refractivity contribution in [3.8, 4) is 11.5 Å². The van der Waals surface area contributed by atoms with Crippen LogP contribution in [0, 0.1) is 0 Å². The van der Waals surface area contributed by atoms with Crippen LogP contribution in [-0.4, -0.2) is 27.3 Å². The zero-order valence-electron chi connectivity index (χ0n) is 10.1. The highest BCUT2D eigenvalue weighted by Crippen LogP contribution is 2.25. The number of aromatic nitrogens is 2. The smallest absolute Gasteiger partial charge is 0.320 e. The predicted octanol–water partition coefficient (Wildman–Crippen LogP) is 1.95. The highest BCUT2D eigenvalue weighted by atomic mass is 35.5. The van der Waals surface area contributed by atoms with E-state index >= 15 is 0 Å². The number of hydrogen-bond acceptors (Lipinski definition) is 5. The maximum Gasteiger partial charge on any atom is 0.320 e. The summed E-state index contributed by atoms with van der Waals surface area (Å²) < 4.78 is 5.09. The first kappa shape index (κ1) is 13.5. The number of carboxylic acids is 1. The normalized spacial score (nSPS) is 12.3. The molecule has 0 spiro atoms. The fraction of sp³-hybridized carbons (Fsp3) is 0.250. The summed E-state index contributed by atoms with van der Waals surface area (Å²) >= 11 is 6.02. The highest BCUT2D eigenvalue weighted by Gasteiger charge is 2.14. The van der Waals surface area contributed by atoms with Crippen molar-refractivity contribution in [3.05, 3.63) is 35.1 Å². The number of nitrogens with one attached hydrogen (secondary N) is 1. The highest BCUT2D eigenvalue weighted by molar-refractivity contribution is 6.33. The van der Waals surface area contributed by atoms with Gasteiger partial charge in [-0.05, 0) is 19.1 Å². The van der Waals surface area contributed by atoms with Crippen molar-refractivity contribution in [2.75, 3.05) is 0 Å². The fourth-order valence-corrected chi connectivity index (χ4v) is 1.62. The van der Waals surface area contributed by atoms with E-state index in [0.717, 1.165) is 0 Å². The molecule has 6 nitrogen and oxygen atoms in total. The van der Waals surface area contributed by atoms with E-state index in [2.05, 4.69) is 15.5 Å². The van der Waals surface area contributed by atoms with E-state index < -0.39 is 12.0 Å². The average molecular weight is 282 g/mol. The van der Waals surface area contributed by atoms with Crippen molar-refractivity contribution >= 4 is 17.6 Å². The largest absolute Gasteiger partial charge is 0.480 e. The van der Waals surface area contributed by atoms with E-state index in [-0.39, 0.29) is 6.54 Å². The Hall–Kier alpha value is -1.92. The third-order valence-electron chi connectivity index (χ3n) is 2.51. The number of aliphatic carboxylic acids is 1. The Bertz CT molecular complexity index is 585. The molecule has 0 saturated carbocycles. The number of hydrogen-bond donors (Lipinski definition) is 2. The number of halogens is 1. The zero-order chi connectivity index (χ0) is 13.8. The van der Waals surface area contributed by atoms with Gasteiger partial charge in [0.1, 0.15) is 6.04 Å². The molecule has 0 radical (unpaired) electrons. The summed E-state index contributed by atoms with van der Waals surface area (Å²) in [4.78, 5) is 14.8. The molecule has 0 amide bonds. The Balaban J connectivity index is 2.08. The lowest BCUT2D eigenvalue weighted by atomic mass is 10.2. The van der Waals surface area contributed by atoms with E-state index in [4.69, 9.17) is 21.2 Å². The number of carbonyl (C=O) groups is 1. The Morgan fingerprint density at radius 1 is 1.53 bits per heavy atom. The molecule has 2 rings (SSSR count). The lowest BCUT2D eigenvalue weighted by Crippen LogP contribution is -2.33. The van der Waals surface area contributed by atoms with Gasteiger partial charge in [-0.25, -0.2) is 0 Å². The first-order chi connectivity index (χ1) is 9.08. The minimum atomic E-state index is -0.935. The van der Waals surface area contributed by atoms with Crippen molar-refractivity contribution in [1.29, 1.82) is 0 Å². The first-order valence-electron chi connectivity index (χ1n) is 5.61. The quantitative estimate of drug-likeness (QED) is 0.871. The molecule has 2 aromatic rings. The standard InChI is InChI=1S/C12H12ClN3O3/c1-7(12(17)18)14-6-10-15-11(19-16-10)8-4-2-3-5-9(8)13/h2-5,7,14H,6H2,1H3,(H,17,18)/t7-/m0/s1. The number of nitrogens with zero attached hydrogens (tertiary/aromatic N) is 2. The summed E-state index contributed by atoms with van der Waals surface area (Å²) in [6.45, 7) is 1.75. The molecular weight excluding hydrogens is 270 g/mol. The Labute approximate surface area is 114 Å². The Kier molecular flexibility index (Phi) is 4.13. The zero-order valence-corrected chi connectivity index (χ0v) is 10.9. The SMILES string of the molecule is C[C@H](NCc1noc(-c2ccccc2Cl)n1)C(=O)O. The molecule has 0 aliphatic heterocycles.